The van der Waals surface area contributed by atoms with E-state index in [4.69, 9.17) is 9.40 Å². The van der Waals surface area contributed by atoms with Crippen LogP contribution in [0.5, 0.6) is 0 Å². The van der Waals surface area contributed by atoms with Crippen LogP contribution in [0.2, 0.25) is 0 Å². The van der Waals surface area contributed by atoms with Crippen molar-refractivity contribution in [1.82, 2.24) is 14.8 Å². The predicted octanol–water partition coefficient (Wildman–Crippen LogP) is 5.05. The lowest BCUT2D eigenvalue weighted by molar-refractivity contribution is 0.0994. The molecule has 3 aromatic heterocycles. The van der Waals surface area contributed by atoms with Crippen molar-refractivity contribution >= 4 is 33.1 Å². The molecule has 7 heteroatoms. The van der Waals surface area contributed by atoms with Crippen LogP contribution < -0.4 is 5.32 Å². The number of hydrogen-bond donors (Lipinski definition) is 1. The number of carbonyl (C=O) groups excluding carboxylic acids is 1. The Balaban J connectivity index is 1.39. The van der Waals surface area contributed by atoms with Gasteiger partial charge in [-0.2, -0.15) is 5.10 Å². The molecule has 0 radical (unpaired) electrons. The smallest absolute Gasteiger partial charge is 0.291 e. The number of thiazole rings is 1. The Bertz CT molecular complexity index is 1250. The third-order valence-corrected chi connectivity index (χ3v) is 5.53. The van der Waals surface area contributed by atoms with Gasteiger partial charge in [-0.1, -0.05) is 24.3 Å². The number of hydrogen-bond acceptors (Lipinski definition) is 5. The maximum Gasteiger partial charge on any atom is 0.291 e. The van der Waals surface area contributed by atoms with E-state index in [1.54, 1.807) is 34.3 Å². The van der Waals surface area contributed by atoms with Gasteiger partial charge in [0, 0.05) is 18.0 Å². The van der Waals surface area contributed by atoms with Crippen LogP contribution in [0.25, 0.3) is 20.8 Å². The first-order valence-corrected chi connectivity index (χ1v) is 9.90. The van der Waals surface area contributed by atoms with E-state index in [0.717, 1.165) is 20.8 Å². The largest absolute Gasteiger partial charge is 0.454 e. The average Bonchev–Trinajstić information content (AvgIpc) is 3.49. The second-order valence-electron chi connectivity index (χ2n) is 6.46. The fourth-order valence-electron chi connectivity index (χ4n) is 3.09. The van der Waals surface area contributed by atoms with E-state index in [9.17, 15) is 4.79 Å². The van der Waals surface area contributed by atoms with E-state index < -0.39 is 0 Å². The number of amides is 1. The van der Waals surface area contributed by atoms with Gasteiger partial charge in [0.15, 0.2) is 5.76 Å². The standard InChI is InChI=1S/C22H16N4O2S/c27-21(19-11-10-15(28-19)14-26-13-5-12-23-26)24-17-7-2-1-6-16(17)22-25-18-8-3-4-9-20(18)29-22/h1-13H,14H2,(H,24,27). The zero-order chi connectivity index (χ0) is 19.6. The number of carbonyl (C=O) groups is 1. The molecule has 0 fully saturated rings. The number of benzene rings is 2. The minimum absolute atomic E-state index is 0.256. The number of anilines is 1. The first kappa shape index (κ1) is 17.4. The molecule has 6 nitrogen and oxygen atoms in total. The molecule has 2 aromatic carbocycles. The van der Waals surface area contributed by atoms with E-state index in [-0.39, 0.29) is 11.7 Å². The van der Waals surface area contributed by atoms with E-state index in [1.165, 1.54) is 0 Å². The molecule has 5 aromatic rings. The van der Waals surface area contributed by atoms with Crippen molar-refractivity contribution in [2.75, 3.05) is 5.32 Å². The van der Waals surface area contributed by atoms with Gasteiger partial charge in [0.1, 0.15) is 10.8 Å². The highest BCUT2D eigenvalue weighted by atomic mass is 32.1. The maximum atomic E-state index is 12.7. The first-order valence-electron chi connectivity index (χ1n) is 9.09. The molecule has 0 saturated carbocycles. The summed E-state index contributed by atoms with van der Waals surface area (Å²) in [5, 5.41) is 7.96. The molecule has 29 heavy (non-hydrogen) atoms. The van der Waals surface area contributed by atoms with Crippen molar-refractivity contribution < 1.29 is 9.21 Å². The summed E-state index contributed by atoms with van der Waals surface area (Å²) in [4.78, 5) is 17.4. The van der Waals surface area contributed by atoms with E-state index in [0.29, 0.717) is 18.0 Å². The van der Waals surface area contributed by atoms with Crippen LogP contribution in [0.4, 0.5) is 5.69 Å². The second kappa shape index (κ2) is 7.37. The monoisotopic (exact) mass is 400 g/mol. The van der Waals surface area contributed by atoms with Crippen molar-refractivity contribution in [3.05, 3.63) is 90.6 Å². The number of nitrogens with one attached hydrogen (secondary N) is 1. The lowest BCUT2D eigenvalue weighted by Crippen LogP contribution is -2.11. The Morgan fingerprint density at radius 3 is 2.76 bits per heavy atom. The zero-order valence-corrected chi connectivity index (χ0v) is 16.1. The average molecular weight is 400 g/mol. The van der Waals surface area contributed by atoms with Gasteiger partial charge >= 0.3 is 0 Å². The summed E-state index contributed by atoms with van der Waals surface area (Å²) in [5.74, 6) is 0.620. The van der Waals surface area contributed by atoms with E-state index >= 15 is 0 Å². The molecule has 0 unspecified atom stereocenters. The molecule has 0 atom stereocenters. The molecule has 0 bridgehead atoms. The molecule has 1 amide bonds. The molecular weight excluding hydrogens is 384 g/mol. The van der Waals surface area contributed by atoms with Gasteiger partial charge in [0.25, 0.3) is 5.91 Å². The van der Waals surface area contributed by atoms with Crippen molar-refractivity contribution in [2.45, 2.75) is 6.54 Å². The summed E-state index contributed by atoms with van der Waals surface area (Å²) in [7, 11) is 0. The Labute approximate surface area is 170 Å². The molecule has 5 rings (SSSR count). The predicted molar refractivity (Wildman–Crippen MR) is 113 cm³/mol. The minimum atomic E-state index is -0.301. The van der Waals surface area contributed by atoms with Crippen LogP contribution in [0.3, 0.4) is 0 Å². The molecule has 0 aliphatic rings. The molecule has 0 spiro atoms. The SMILES string of the molecule is O=C(Nc1ccccc1-c1nc2ccccc2s1)c1ccc(Cn2cccn2)o1. The van der Waals surface area contributed by atoms with Crippen molar-refractivity contribution in [2.24, 2.45) is 0 Å². The number of aromatic nitrogens is 3. The molecule has 0 aliphatic heterocycles. The van der Waals surface area contributed by atoms with Crippen molar-refractivity contribution in [3.63, 3.8) is 0 Å². The lowest BCUT2D eigenvalue weighted by atomic mass is 10.2. The highest BCUT2D eigenvalue weighted by molar-refractivity contribution is 7.21. The lowest BCUT2D eigenvalue weighted by Gasteiger charge is -2.08. The topological polar surface area (TPSA) is 73.0 Å². The van der Waals surface area contributed by atoms with Crippen LogP contribution in [-0.4, -0.2) is 20.7 Å². The van der Waals surface area contributed by atoms with Crippen LogP contribution in [-0.2, 0) is 6.54 Å². The minimum Gasteiger partial charge on any atom is -0.454 e. The quantitative estimate of drug-likeness (QED) is 0.448. The number of furan rings is 1. The number of fused-ring (bicyclic) bond motifs is 1. The number of nitrogens with zero attached hydrogens (tertiary/aromatic N) is 3. The summed E-state index contributed by atoms with van der Waals surface area (Å²) in [5.41, 5.74) is 2.52. The maximum absolute atomic E-state index is 12.7. The number of para-hydroxylation sites is 2. The Hall–Kier alpha value is -3.71. The Morgan fingerprint density at radius 2 is 1.90 bits per heavy atom. The Kier molecular flexibility index (Phi) is 4.42. The van der Waals surface area contributed by atoms with E-state index in [1.807, 2.05) is 60.8 Å². The number of rotatable bonds is 5. The van der Waals surface area contributed by atoms with Gasteiger partial charge in [-0.25, -0.2) is 4.98 Å². The van der Waals surface area contributed by atoms with Crippen LogP contribution in [0.1, 0.15) is 16.3 Å². The first-order chi connectivity index (χ1) is 14.3. The summed E-state index contributed by atoms with van der Waals surface area (Å²) < 4.78 is 8.55. The summed E-state index contributed by atoms with van der Waals surface area (Å²) in [6.45, 7) is 0.475. The van der Waals surface area contributed by atoms with Crippen LogP contribution >= 0.6 is 11.3 Å². The van der Waals surface area contributed by atoms with Gasteiger partial charge in [0.2, 0.25) is 0 Å². The van der Waals surface area contributed by atoms with Gasteiger partial charge in [-0.15, -0.1) is 11.3 Å². The molecule has 142 valence electrons. The van der Waals surface area contributed by atoms with Gasteiger partial charge < -0.3 is 9.73 Å². The third-order valence-electron chi connectivity index (χ3n) is 4.46. The van der Waals surface area contributed by atoms with Crippen LogP contribution in [0, 0.1) is 0 Å². The van der Waals surface area contributed by atoms with Gasteiger partial charge in [-0.05, 0) is 42.5 Å². The normalized spacial score (nSPS) is 11.0. The van der Waals surface area contributed by atoms with Gasteiger partial charge in [-0.3, -0.25) is 9.48 Å². The summed E-state index contributed by atoms with van der Waals surface area (Å²) in [6.07, 6.45) is 3.55. The summed E-state index contributed by atoms with van der Waals surface area (Å²) >= 11 is 1.60. The van der Waals surface area contributed by atoms with Crippen molar-refractivity contribution in [1.29, 1.82) is 0 Å². The molecule has 0 saturated heterocycles. The molecular formula is C22H16N4O2S. The Morgan fingerprint density at radius 1 is 1.03 bits per heavy atom. The fourth-order valence-corrected chi connectivity index (χ4v) is 4.09. The fraction of sp³-hybridized carbons (Fsp3) is 0.0455. The van der Waals surface area contributed by atoms with Gasteiger partial charge in [0.05, 0.1) is 22.4 Å². The van der Waals surface area contributed by atoms with Crippen molar-refractivity contribution in [3.8, 4) is 10.6 Å². The highest BCUT2D eigenvalue weighted by Crippen LogP contribution is 2.34. The third kappa shape index (κ3) is 3.55. The second-order valence-corrected chi connectivity index (χ2v) is 7.49. The summed E-state index contributed by atoms with van der Waals surface area (Å²) in [6, 6.07) is 20.9. The van der Waals surface area contributed by atoms with E-state index in [2.05, 4.69) is 10.4 Å². The highest BCUT2D eigenvalue weighted by Gasteiger charge is 2.16. The molecule has 0 aliphatic carbocycles. The zero-order valence-electron chi connectivity index (χ0n) is 15.3. The molecule has 3 heterocycles. The molecule has 1 N–H and O–H groups in total. The van der Waals surface area contributed by atoms with Crippen LogP contribution in [0.15, 0.2) is 83.5 Å².